The number of benzene rings is 1. The molecule has 0 aliphatic rings. The zero-order valence-corrected chi connectivity index (χ0v) is 16.5. The number of rotatable bonds is 9. The minimum absolute atomic E-state index is 0.0590. The Morgan fingerprint density at radius 2 is 1.85 bits per heavy atom. The Balaban J connectivity index is 2.67. The molecular formula is C17H21Cl2NO7. The molecule has 0 radical (unpaired) electrons. The predicted molar refractivity (Wildman–Crippen MR) is 98.0 cm³/mol. The molecule has 1 aromatic rings. The third-order valence-electron chi connectivity index (χ3n) is 3.17. The Labute approximate surface area is 166 Å². The summed E-state index contributed by atoms with van der Waals surface area (Å²) >= 11 is 11.8. The van der Waals surface area contributed by atoms with E-state index in [-0.39, 0.29) is 23.1 Å². The largest absolute Gasteiger partial charge is 0.478 e. The highest BCUT2D eigenvalue weighted by Gasteiger charge is 2.25. The first-order valence-corrected chi connectivity index (χ1v) is 8.88. The summed E-state index contributed by atoms with van der Waals surface area (Å²) < 4.78 is 15.3. The Morgan fingerprint density at radius 1 is 1.19 bits per heavy atom. The number of ether oxygens (including phenoxy) is 3. The molecule has 1 aromatic carbocycles. The van der Waals surface area contributed by atoms with Crippen molar-refractivity contribution in [3.63, 3.8) is 0 Å². The summed E-state index contributed by atoms with van der Waals surface area (Å²) in [6, 6.07) is 4.33. The lowest BCUT2D eigenvalue weighted by Gasteiger charge is -2.22. The summed E-state index contributed by atoms with van der Waals surface area (Å²) in [7, 11) is 0. The minimum atomic E-state index is -1.44. The molecule has 0 heterocycles. The summed E-state index contributed by atoms with van der Waals surface area (Å²) in [5.74, 6) is -2.08. The summed E-state index contributed by atoms with van der Waals surface area (Å²) in [6.45, 7) is 4.59. The number of aliphatic carboxylic acids is 1. The van der Waals surface area contributed by atoms with Crippen molar-refractivity contribution < 1.29 is 33.7 Å². The average Bonchev–Trinajstić information content (AvgIpc) is 2.60. The highest BCUT2D eigenvalue weighted by molar-refractivity contribution is 6.34. The lowest BCUT2D eigenvalue weighted by Crippen LogP contribution is -2.42. The molecule has 0 saturated heterocycles. The molecular weight excluding hydrogens is 401 g/mol. The Kier molecular flexibility index (Phi) is 9.17. The molecule has 27 heavy (non-hydrogen) atoms. The number of hydrogen-bond donors (Lipinski definition) is 2. The van der Waals surface area contributed by atoms with E-state index in [0.717, 1.165) is 0 Å². The Morgan fingerprint density at radius 3 is 2.41 bits per heavy atom. The van der Waals surface area contributed by atoms with E-state index in [1.165, 1.54) is 18.2 Å². The minimum Gasteiger partial charge on any atom is -0.478 e. The van der Waals surface area contributed by atoms with Gasteiger partial charge < -0.3 is 24.6 Å². The van der Waals surface area contributed by atoms with Crippen LogP contribution in [0.1, 0.15) is 27.2 Å². The van der Waals surface area contributed by atoms with Crippen LogP contribution in [0.25, 0.3) is 0 Å². The van der Waals surface area contributed by atoms with Gasteiger partial charge in [0.2, 0.25) is 6.10 Å². The van der Waals surface area contributed by atoms with Gasteiger partial charge in [0, 0.05) is 23.4 Å². The molecule has 1 amide bonds. The van der Waals surface area contributed by atoms with Gasteiger partial charge in [-0.2, -0.15) is 0 Å². The van der Waals surface area contributed by atoms with Gasteiger partial charge in [-0.3, -0.25) is 4.79 Å². The molecule has 0 saturated carbocycles. The van der Waals surface area contributed by atoms with Crippen LogP contribution in [0.3, 0.4) is 0 Å². The van der Waals surface area contributed by atoms with E-state index in [4.69, 9.17) is 37.4 Å². The highest BCUT2D eigenvalue weighted by atomic mass is 35.5. The van der Waals surface area contributed by atoms with E-state index in [0.29, 0.717) is 5.02 Å². The van der Waals surface area contributed by atoms with Crippen LogP contribution >= 0.6 is 23.2 Å². The van der Waals surface area contributed by atoms with Crippen molar-refractivity contribution in [3.8, 4) is 5.75 Å². The van der Waals surface area contributed by atoms with Crippen LogP contribution in [0.4, 0.5) is 4.79 Å². The van der Waals surface area contributed by atoms with Crippen LogP contribution < -0.4 is 10.1 Å². The number of carboxylic acids is 1. The van der Waals surface area contributed by atoms with E-state index in [9.17, 15) is 19.5 Å². The fourth-order valence-electron chi connectivity index (χ4n) is 1.73. The number of amides is 1. The van der Waals surface area contributed by atoms with Crippen molar-refractivity contribution in [2.75, 3.05) is 6.54 Å². The molecule has 2 N–H and O–H groups in total. The second-order valence-corrected chi connectivity index (χ2v) is 6.61. The number of nitrogens with one attached hydrogen (secondary N) is 1. The van der Waals surface area contributed by atoms with Crippen LogP contribution in [-0.4, -0.2) is 42.1 Å². The first-order chi connectivity index (χ1) is 12.6. The summed E-state index contributed by atoms with van der Waals surface area (Å²) in [4.78, 5) is 34.6. The standard InChI is InChI=1S/C17H21Cl2NO7/c1-4-14(21)26-16(9(2)3)27-17(24)20-8-13(15(22)23)25-12-7-10(18)5-6-11(12)19/h5-7,9,13,16H,4,8H2,1-3H3,(H,20,24)(H,22,23)/t13-,16-/m0/s1. The lowest BCUT2D eigenvalue weighted by molar-refractivity contribution is -0.174. The first kappa shape index (κ1) is 22.9. The summed E-state index contributed by atoms with van der Waals surface area (Å²) in [5.41, 5.74) is 0. The molecule has 0 bridgehead atoms. The maximum atomic E-state index is 11.9. The maximum absolute atomic E-state index is 11.9. The second kappa shape index (κ2) is 10.8. The van der Waals surface area contributed by atoms with Crippen molar-refractivity contribution in [3.05, 3.63) is 28.2 Å². The molecule has 2 atom stereocenters. The number of hydrogen-bond acceptors (Lipinski definition) is 6. The summed E-state index contributed by atoms with van der Waals surface area (Å²) in [6.07, 6.45) is -3.36. The fourth-order valence-corrected chi connectivity index (χ4v) is 2.06. The van der Waals surface area contributed by atoms with Crippen molar-refractivity contribution in [1.82, 2.24) is 5.32 Å². The number of carbonyl (C=O) groups is 3. The van der Waals surface area contributed by atoms with Gasteiger partial charge in [-0.15, -0.1) is 0 Å². The van der Waals surface area contributed by atoms with E-state index < -0.39 is 37.0 Å². The number of carbonyl (C=O) groups excluding carboxylic acids is 2. The van der Waals surface area contributed by atoms with E-state index in [2.05, 4.69) is 5.32 Å². The van der Waals surface area contributed by atoms with Gasteiger partial charge in [-0.1, -0.05) is 44.0 Å². The van der Waals surface area contributed by atoms with Gasteiger partial charge in [0.15, 0.2) is 0 Å². The molecule has 0 aromatic heterocycles. The van der Waals surface area contributed by atoms with E-state index in [1.54, 1.807) is 20.8 Å². The molecule has 0 spiro atoms. The molecule has 150 valence electrons. The van der Waals surface area contributed by atoms with Crippen LogP contribution in [0.5, 0.6) is 5.75 Å². The number of alkyl carbamates (subject to hydrolysis) is 1. The van der Waals surface area contributed by atoms with E-state index in [1.807, 2.05) is 0 Å². The van der Waals surface area contributed by atoms with Crippen molar-refractivity contribution in [2.45, 2.75) is 39.6 Å². The quantitative estimate of drug-likeness (QED) is 0.463. The molecule has 1 rings (SSSR count). The molecule has 0 aliphatic carbocycles. The van der Waals surface area contributed by atoms with Gasteiger partial charge in [-0.05, 0) is 12.1 Å². The third-order valence-corrected chi connectivity index (χ3v) is 3.72. The monoisotopic (exact) mass is 421 g/mol. The highest BCUT2D eigenvalue weighted by Crippen LogP contribution is 2.28. The Bertz CT molecular complexity index is 681. The number of halogens is 2. The summed E-state index contributed by atoms with van der Waals surface area (Å²) in [5, 5.41) is 12.0. The maximum Gasteiger partial charge on any atom is 0.410 e. The lowest BCUT2D eigenvalue weighted by atomic mass is 10.2. The van der Waals surface area contributed by atoms with Gasteiger partial charge >= 0.3 is 18.0 Å². The van der Waals surface area contributed by atoms with Crippen LogP contribution in [0.2, 0.25) is 10.0 Å². The van der Waals surface area contributed by atoms with E-state index >= 15 is 0 Å². The van der Waals surface area contributed by atoms with Crippen molar-refractivity contribution in [1.29, 1.82) is 0 Å². The molecule has 0 unspecified atom stereocenters. The predicted octanol–water partition coefficient (Wildman–Crippen LogP) is 3.49. The number of esters is 1. The SMILES string of the molecule is CCC(=O)O[C@@H](OC(=O)NC[C@H](Oc1cc(Cl)ccc1Cl)C(=O)O)C(C)C. The average molecular weight is 422 g/mol. The first-order valence-electron chi connectivity index (χ1n) is 8.12. The van der Waals surface area contributed by atoms with Crippen LogP contribution in [0, 0.1) is 5.92 Å². The zero-order valence-electron chi connectivity index (χ0n) is 15.0. The topological polar surface area (TPSA) is 111 Å². The molecule has 0 aliphatic heterocycles. The van der Waals surface area contributed by atoms with Gasteiger partial charge in [0.25, 0.3) is 6.29 Å². The molecule has 8 nitrogen and oxygen atoms in total. The third kappa shape index (κ3) is 7.92. The molecule has 10 heteroatoms. The fraction of sp³-hybridized carbons (Fsp3) is 0.471. The van der Waals surface area contributed by atoms with Gasteiger partial charge in [-0.25, -0.2) is 9.59 Å². The zero-order chi connectivity index (χ0) is 20.6. The van der Waals surface area contributed by atoms with Gasteiger partial charge in [0.05, 0.1) is 11.6 Å². The van der Waals surface area contributed by atoms with Crippen LogP contribution in [-0.2, 0) is 19.1 Å². The number of carboxylic acid groups (broad SMARTS) is 1. The molecule has 0 fully saturated rings. The van der Waals surface area contributed by atoms with Crippen LogP contribution in [0.15, 0.2) is 18.2 Å². The normalized spacial score (nSPS) is 12.8. The smallest absolute Gasteiger partial charge is 0.410 e. The Hall–Kier alpha value is -2.19. The second-order valence-electron chi connectivity index (χ2n) is 5.76. The van der Waals surface area contributed by atoms with Gasteiger partial charge in [0.1, 0.15) is 5.75 Å². The van der Waals surface area contributed by atoms with Crippen molar-refractivity contribution >= 4 is 41.2 Å². The van der Waals surface area contributed by atoms with Crippen molar-refractivity contribution in [2.24, 2.45) is 5.92 Å².